The quantitative estimate of drug-likeness (QED) is 0.656. The highest BCUT2D eigenvalue weighted by Crippen LogP contribution is 2.36. The second kappa shape index (κ2) is 7.21. The number of aromatic nitrogens is 2. The van der Waals surface area contributed by atoms with Crippen molar-refractivity contribution in [3.63, 3.8) is 0 Å². The zero-order valence-electron chi connectivity index (χ0n) is 12.9. The van der Waals surface area contributed by atoms with Gasteiger partial charge >= 0.3 is 0 Å². The summed E-state index contributed by atoms with van der Waals surface area (Å²) in [7, 11) is 0. The molecular formula is C15H25N5O2. The molecule has 0 aromatic carbocycles. The first-order valence-corrected chi connectivity index (χ1v) is 8.07. The molecule has 0 bridgehead atoms. The second-order valence-corrected chi connectivity index (χ2v) is 6.09. The summed E-state index contributed by atoms with van der Waals surface area (Å²) in [6.07, 6.45) is 2.41. The minimum Gasteiger partial charge on any atom is -0.393 e. The molecule has 1 aromatic rings. The lowest BCUT2D eigenvalue weighted by Crippen LogP contribution is -2.37. The molecule has 4 N–H and O–H groups in total. The van der Waals surface area contributed by atoms with E-state index in [4.69, 9.17) is 10.5 Å². The van der Waals surface area contributed by atoms with E-state index >= 15 is 0 Å². The monoisotopic (exact) mass is 307 g/mol. The number of hydrogen-bond donors (Lipinski definition) is 3. The molecule has 7 nitrogen and oxygen atoms in total. The highest BCUT2D eigenvalue weighted by molar-refractivity contribution is 5.41. The number of nitrogens with zero attached hydrogens (tertiary/aromatic N) is 3. The van der Waals surface area contributed by atoms with Gasteiger partial charge in [-0.05, 0) is 25.8 Å². The topological polar surface area (TPSA) is 96.5 Å². The van der Waals surface area contributed by atoms with Crippen molar-refractivity contribution in [2.24, 2.45) is 0 Å². The number of nitrogens with two attached hydrogens (primary N) is 1. The Morgan fingerprint density at radius 1 is 1.32 bits per heavy atom. The van der Waals surface area contributed by atoms with Crippen molar-refractivity contribution < 1.29 is 9.84 Å². The van der Waals surface area contributed by atoms with Crippen molar-refractivity contribution in [2.45, 2.75) is 31.3 Å². The number of hydrogen-bond acceptors (Lipinski definition) is 7. The first-order valence-electron chi connectivity index (χ1n) is 8.07. The number of morpholine rings is 1. The van der Waals surface area contributed by atoms with Gasteiger partial charge in [0.25, 0.3) is 0 Å². The first kappa shape index (κ1) is 15.5. The van der Waals surface area contributed by atoms with Gasteiger partial charge in [0.1, 0.15) is 5.82 Å². The smallest absolute Gasteiger partial charge is 0.222 e. The third kappa shape index (κ3) is 4.06. The summed E-state index contributed by atoms with van der Waals surface area (Å²) in [4.78, 5) is 10.9. The molecule has 0 unspecified atom stereocenters. The highest BCUT2D eigenvalue weighted by atomic mass is 16.5. The SMILES string of the molecule is Nc1nc(NCCCN2CCOCC2)cc(C2CC(O)C2)n1. The van der Waals surface area contributed by atoms with Crippen molar-refractivity contribution in [1.29, 1.82) is 0 Å². The van der Waals surface area contributed by atoms with Crippen molar-refractivity contribution in [3.05, 3.63) is 11.8 Å². The Hall–Kier alpha value is -1.44. The van der Waals surface area contributed by atoms with Crippen LogP contribution in [0.5, 0.6) is 0 Å². The normalized spacial score (nSPS) is 25.7. The van der Waals surface area contributed by atoms with Crippen molar-refractivity contribution in [2.75, 3.05) is 50.4 Å². The summed E-state index contributed by atoms with van der Waals surface area (Å²) in [5.74, 6) is 1.40. The molecule has 2 fully saturated rings. The average molecular weight is 307 g/mol. The lowest BCUT2D eigenvalue weighted by atomic mass is 9.80. The van der Waals surface area contributed by atoms with Gasteiger partial charge in [-0.3, -0.25) is 4.90 Å². The lowest BCUT2D eigenvalue weighted by Gasteiger charge is -2.31. The number of anilines is 2. The lowest BCUT2D eigenvalue weighted by molar-refractivity contribution is 0.0378. The molecule has 22 heavy (non-hydrogen) atoms. The van der Waals surface area contributed by atoms with E-state index in [-0.39, 0.29) is 6.10 Å². The molecule has 1 saturated heterocycles. The molecule has 7 heteroatoms. The van der Waals surface area contributed by atoms with E-state index in [0.29, 0.717) is 11.9 Å². The van der Waals surface area contributed by atoms with Gasteiger partial charge in [-0.15, -0.1) is 0 Å². The fourth-order valence-electron chi connectivity index (χ4n) is 2.96. The Morgan fingerprint density at radius 2 is 2.09 bits per heavy atom. The fraction of sp³-hybridized carbons (Fsp3) is 0.733. The zero-order chi connectivity index (χ0) is 15.4. The van der Waals surface area contributed by atoms with Crippen LogP contribution in [0, 0.1) is 0 Å². The van der Waals surface area contributed by atoms with E-state index in [1.165, 1.54) is 0 Å². The standard InChI is InChI=1S/C15H25N5O2/c16-15-18-13(11-8-12(21)9-11)10-14(19-15)17-2-1-3-20-4-6-22-7-5-20/h10-12,21H,1-9H2,(H3,16,17,18,19). The molecule has 1 aromatic heterocycles. The molecule has 0 radical (unpaired) electrons. The van der Waals surface area contributed by atoms with E-state index in [1.807, 2.05) is 6.07 Å². The van der Waals surface area contributed by atoms with E-state index in [9.17, 15) is 5.11 Å². The predicted molar refractivity (Wildman–Crippen MR) is 84.8 cm³/mol. The maximum Gasteiger partial charge on any atom is 0.222 e. The van der Waals surface area contributed by atoms with Crippen molar-refractivity contribution in [3.8, 4) is 0 Å². The Balaban J connectivity index is 1.45. The predicted octanol–water partition coefficient (Wildman–Crippen LogP) is 0.431. The summed E-state index contributed by atoms with van der Waals surface area (Å²) >= 11 is 0. The summed E-state index contributed by atoms with van der Waals surface area (Å²) < 4.78 is 5.34. The zero-order valence-corrected chi connectivity index (χ0v) is 12.9. The van der Waals surface area contributed by atoms with Gasteiger partial charge in [0, 0.05) is 31.6 Å². The average Bonchev–Trinajstić information content (AvgIpc) is 2.49. The second-order valence-electron chi connectivity index (χ2n) is 6.09. The molecule has 0 spiro atoms. The van der Waals surface area contributed by atoms with E-state index in [2.05, 4.69) is 20.2 Å². The number of aliphatic hydroxyl groups excluding tert-OH is 1. The van der Waals surface area contributed by atoms with Crippen LogP contribution in [-0.2, 0) is 4.74 Å². The number of ether oxygens (including phenoxy) is 1. The number of rotatable bonds is 6. The van der Waals surface area contributed by atoms with Crippen molar-refractivity contribution >= 4 is 11.8 Å². The van der Waals surface area contributed by atoms with Crippen LogP contribution in [0.4, 0.5) is 11.8 Å². The Morgan fingerprint density at radius 3 is 2.82 bits per heavy atom. The van der Waals surface area contributed by atoms with Gasteiger partial charge < -0.3 is 20.9 Å². The minimum absolute atomic E-state index is 0.189. The van der Waals surface area contributed by atoms with E-state index < -0.39 is 0 Å². The maximum absolute atomic E-state index is 9.41. The van der Waals surface area contributed by atoms with Crippen LogP contribution in [0.2, 0.25) is 0 Å². The largest absolute Gasteiger partial charge is 0.393 e. The summed E-state index contributed by atoms with van der Waals surface area (Å²) in [5.41, 5.74) is 6.72. The molecule has 0 atom stereocenters. The van der Waals surface area contributed by atoms with Gasteiger partial charge in [0.15, 0.2) is 0 Å². The highest BCUT2D eigenvalue weighted by Gasteiger charge is 2.30. The number of nitrogen functional groups attached to an aromatic ring is 1. The van der Waals surface area contributed by atoms with Gasteiger partial charge in [-0.2, -0.15) is 4.98 Å². The van der Waals surface area contributed by atoms with Crippen LogP contribution in [-0.4, -0.2) is 65.5 Å². The molecular weight excluding hydrogens is 282 g/mol. The Labute approximate surface area is 130 Å². The van der Waals surface area contributed by atoms with Gasteiger partial charge in [0.2, 0.25) is 5.95 Å². The van der Waals surface area contributed by atoms with Gasteiger partial charge in [-0.1, -0.05) is 0 Å². The molecule has 1 aliphatic carbocycles. The van der Waals surface area contributed by atoms with Crippen LogP contribution in [0.25, 0.3) is 0 Å². The van der Waals surface area contributed by atoms with Crippen LogP contribution >= 0.6 is 0 Å². The molecule has 3 rings (SSSR count). The van der Waals surface area contributed by atoms with Crippen LogP contribution in [0.3, 0.4) is 0 Å². The van der Waals surface area contributed by atoms with Crippen molar-refractivity contribution in [1.82, 2.24) is 14.9 Å². The summed E-state index contributed by atoms with van der Waals surface area (Å²) in [6, 6.07) is 1.96. The summed E-state index contributed by atoms with van der Waals surface area (Å²) in [6.45, 7) is 5.65. The van der Waals surface area contributed by atoms with Crippen LogP contribution in [0.1, 0.15) is 30.9 Å². The molecule has 1 aliphatic heterocycles. The third-order valence-corrected chi connectivity index (χ3v) is 4.36. The molecule has 2 aliphatic rings. The number of aliphatic hydroxyl groups is 1. The maximum atomic E-state index is 9.41. The van der Waals surface area contributed by atoms with Gasteiger partial charge in [0.05, 0.1) is 25.0 Å². The molecule has 122 valence electrons. The van der Waals surface area contributed by atoms with Crippen LogP contribution in [0.15, 0.2) is 6.07 Å². The van der Waals surface area contributed by atoms with Crippen LogP contribution < -0.4 is 11.1 Å². The summed E-state index contributed by atoms with van der Waals surface area (Å²) in [5, 5.41) is 12.7. The third-order valence-electron chi connectivity index (χ3n) is 4.36. The van der Waals surface area contributed by atoms with E-state index in [1.54, 1.807) is 0 Å². The minimum atomic E-state index is -0.189. The number of nitrogens with one attached hydrogen (secondary N) is 1. The fourth-order valence-corrected chi connectivity index (χ4v) is 2.96. The molecule has 1 saturated carbocycles. The Bertz CT molecular complexity index is 487. The Kier molecular flexibility index (Phi) is 5.07. The first-order chi connectivity index (χ1) is 10.7. The molecule has 2 heterocycles. The van der Waals surface area contributed by atoms with E-state index in [0.717, 1.165) is 70.2 Å². The van der Waals surface area contributed by atoms with Gasteiger partial charge in [-0.25, -0.2) is 4.98 Å². The molecule has 0 amide bonds.